The van der Waals surface area contributed by atoms with Crippen molar-refractivity contribution in [2.45, 2.75) is 17.2 Å². The van der Waals surface area contributed by atoms with E-state index < -0.39 is 44.5 Å². The van der Waals surface area contributed by atoms with Crippen LogP contribution in [0.2, 0.25) is 0 Å². The maximum atomic E-state index is 13.1. The zero-order valence-corrected chi connectivity index (χ0v) is 14.7. The van der Waals surface area contributed by atoms with Crippen LogP contribution in [0.25, 0.3) is 17.2 Å². The molecule has 0 fully saturated rings. The number of primary sulfonamides is 1. The number of alkyl halides is 6. The van der Waals surface area contributed by atoms with Crippen LogP contribution in [-0.2, 0) is 22.4 Å². The second-order valence-electron chi connectivity index (χ2n) is 5.64. The Balaban J connectivity index is 2.13. The number of hydrogen-bond acceptors (Lipinski definition) is 5. The molecule has 0 atom stereocenters. The number of pyridine rings is 1. The molecule has 29 heavy (non-hydrogen) atoms. The Kier molecular flexibility index (Phi) is 4.86. The Labute approximate surface area is 158 Å². The quantitative estimate of drug-likeness (QED) is 0.635. The normalized spacial score (nSPS) is 12.9. The third-order valence-corrected chi connectivity index (χ3v) is 4.50. The van der Waals surface area contributed by atoms with Gasteiger partial charge in [0.2, 0.25) is 10.0 Å². The van der Waals surface area contributed by atoms with E-state index in [2.05, 4.69) is 15.1 Å². The minimum atomic E-state index is -4.94. The molecule has 14 heteroatoms. The van der Waals surface area contributed by atoms with E-state index in [1.54, 1.807) is 0 Å². The van der Waals surface area contributed by atoms with Gasteiger partial charge in [-0.3, -0.25) is 0 Å². The van der Waals surface area contributed by atoms with Crippen molar-refractivity contribution in [3.05, 3.63) is 54.0 Å². The average Bonchev–Trinajstić information content (AvgIpc) is 3.06. The van der Waals surface area contributed by atoms with E-state index in [0.29, 0.717) is 16.8 Å². The number of sulfonamides is 1. The highest BCUT2D eigenvalue weighted by Crippen LogP contribution is 2.33. The standard InChI is InChI=1S/C15H9F6N5O2S/c16-14(17,18)9-3-1-8(2-4-9)12-24-13(15(19,20)21)25-26(12)11-6-5-10(7-23-11)29(22,27)28/h1-7H,(H2,22,27,28). The van der Waals surface area contributed by atoms with Crippen molar-refractivity contribution in [2.24, 2.45) is 5.14 Å². The lowest BCUT2D eigenvalue weighted by molar-refractivity contribution is -0.144. The highest BCUT2D eigenvalue weighted by Gasteiger charge is 2.38. The molecule has 3 rings (SSSR count). The first-order chi connectivity index (χ1) is 13.3. The lowest BCUT2D eigenvalue weighted by Gasteiger charge is -2.08. The summed E-state index contributed by atoms with van der Waals surface area (Å²) in [7, 11) is -4.10. The third kappa shape index (κ3) is 4.37. The molecule has 0 saturated heterocycles. The molecule has 0 aliphatic carbocycles. The molecular weight excluding hydrogens is 428 g/mol. The van der Waals surface area contributed by atoms with E-state index >= 15 is 0 Å². The molecule has 0 aliphatic rings. The summed E-state index contributed by atoms with van der Waals surface area (Å²) in [6, 6.07) is 5.24. The van der Waals surface area contributed by atoms with E-state index in [9.17, 15) is 34.8 Å². The van der Waals surface area contributed by atoms with Crippen molar-refractivity contribution < 1.29 is 34.8 Å². The number of nitrogens with zero attached hydrogens (tertiary/aromatic N) is 4. The smallest absolute Gasteiger partial charge is 0.236 e. The predicted octanol–water partition coefficient (Wildman–Crippen LogP) is 3.01. The molecule has 0 radical (unpaired) electrons. The number of aromatic nitrogens is 4. The van der Waals surface area contributed by atoms with Crippen LogP contribution in [0.15, 0.2) is 47.5 Å². The molecule has 0 unspecified atom stereocenters. The molecule has 0 amide bonds. The first-order valence-electron chi connectivity index (χ1n) is 7.48. The average molecular weight is 437 g/mol. The van der Waals surface area contributed by atoms with Gasteiger partial charge in [-0.05, 0) is 24.3 Å². The summed E-state index contributed by atoms with van der Waals surface area (Å²) in [5.41, 5.74) is -1.10. The summed E-state index contributed by atoms with van der Waals surface area (Å²) in [5.74, 6) is -2.25. The van der Waals surface area contributed by atoms with Gasteiger partial charge in [-0.2, -0.15) is 31.0 Å². The minimum Gasteiger partial charge on any atom is -0.236 e. The Bertz CT molecular complexity index is 1140. The zero-order valence-electron chi connectivity index (χ0n) is 13.9. The SMILES string of the molecule is NS(=O)(=O)c1ccc(-n2nc(C(F)(F)F)nc2-c2ccc(C(F)(F)F)cc2)nc1. The van der Waals surface area contributed by atoms with Crippen LogP contribution >= 0.6 is 0 Å². The summed E-state index contributed by atoms with van der Waals surface area (Å²) in [4.78, 5) is 6.67. The number of hydrogen-bond donors (Lipinski definition) is 1. The van der Waals surface area contributed by atoms with E-state index in [4.69, 9.17) is 5.14 Å². The molecule has 0 aliphatic heterocycles. The van der Waals surface area contributed by atoms with Crippen LogP contribution in [0.5, 0.6) is 0 Å². The molecule has 7 nitrogen and oxygen atoms in total. The number of nitrogens with two attached hydrogens (primary N) is 1. The molecule has 2 aromatic heterocycles. The summed E-state index contributed by atoms with van der Waals surface area (Å²) in [5, 5.41) is 8.24. The summed E-state index contributed by atoms with van der Waals surface area (Å²) in [6.45, 7) is 0. The maximum Gasteiger partial charge on any atom is 0.453 e. The molecule has 3 aromatic rings. The second kappa shape index (κ2) is 6.81. The van der Waals surface area contributed by atoms with Crippen molar-refractivity contribution in [3.8, 4) is 17.2 Å². The van der Waals surface area contributed by atoms with Crippen molar-refractivity contribution in [1.82, 2.24) is 19.7 Å². The van der Waals surface area contributed by atoms with Gasteiger partial charge in [0.1, 0.15) is 4.90 Å². The molecule has 0 saturated carbocycles. The van der Waals surface area contributed by atoms with Gasteiger partial charge in [-0.15, -0.1) is 5.10 Å². The van der Waals surface area contributed by atoms with Gasteiger partial charge in [0.25, 0.3) is 5.82 Å². The fraction of sp³-hybridized carbons (Fsp3) is 0.133. The van der Waals surface area contributed by atoms with Gasteiger partial charge in [0.05, 0.1) is 5.56 Å². The molecular formula is C15H9F6N5O2S. The molecule has 2 heterocycles. The van der Waals surface area contributed by atoms with E-state index in [0.717, 1.165) is 30.5 Å². The van der Waals surface area contributed by atoms with Crippen LogP contribution in [0.1, 0.15) is 11.4 Å². The maximum absolute atomic E-state index is 13.1. The fourth-order valence-corrected chi connectivity index (χ4v) is 2.71. The van der Waals surface area contributed by atoms with Crippen LogP contribution in [0.3, 0.4) is 0 Å². The van der Waals surface area contributed by atoms with Gasteiger partial charge >= 0.3 is 12.4 Å². The van der Waals surface area contributed by atoms with Gasteiger partial charge in [-0.25, -0.2) is 23.5 Å². The van der Waals surface area contributed by atoms with Gasteiger partial charge in [-0.1, -0.05) is 12.1 Å². The van der Waals surface area contributed by atoms with Crippen LogP contribution in [0, 0.1) is 0 Å². The number of benzene rings is 1. The highest BCUT2D eigenvalue weighted by molar-refractivity contribution is 7.89. The largest absolute Gasteiger partial charge is 0.453 e. The molecule has 154 valence electrons. The summed E-state index contributed by atoms with van der Waals surface area (Å²) < 4.78 is 100. The summed E-state index contributed by atoms with van der Waals surface area (Å²) >= 11 is 0. The molecule has 1 aromatic carbocycles. The first-order valence-corrected chi connectivity index (χ1v) is 9.02. The van der Waals surface area contributed by atoms with E-state index in [1.165, 1.54) is 0 Å². The van der Waals surface area contributed by atoms with Crippen molar-refractivity contribution in [1.29, 1.82) is 0 Å². The van der Waals surface area contributed by atoms with Gasteiger partial charge < -0.3 is 0 Å². The van der Waals surface area contributed by atoms with Crippen molar-refractivity contribution in [2.75, 3.05) is 0 Å². The Morgan fingerprint density at radius 1 is 0.897 bits per heavy atom. The predicted molar refractivity (Wildman–Crippen MR) is 86.0 cm³/mol. The van der Waals surface area contributed by atoms with Crippen molar-refractivity contribution >= 4 is 10.0 Å². The van der Waals surface area contributed by atoms with E-state index in [1.807, 2.05) is 0 Å². The minimum absolute atomic E-state index is 0.0988. The van der Waals surface area contributed by atoms with Crippen LogP contribution in [-0.4, -0.2) is 28.2 Å². The number of rotatable bonds is 3. The monoisotopic (exact) mass is 437 g/mol. The van der Waals surface area contributed by atoms with Crippen LogP contribution < -0.4 is 5.14 Å². The first kappa shape index (κ1) is 20.7. The van der Waals surface area contributed by atoms with Gasteiger partial charge in [0, 0.05) is 11.8 Å². The highest BCUT2D eigenvalue weighted by atomic mass is 32.2. The van der Waals surface area contributed by atoms with Crippen LogP contribution in [0.4, 0.5) is 26.3 Å². The Morgan fingerprint density at radius 3 is 1.97 bits per heavy atom. The molecule has 2 N–H and O–H groups in total. The van der Waals surface area contributed by atoms with Gasteiger partial charge in [0.15, 0.2) is 11.6 Å². The lowest BCUT2D eigenvalue weighted by Crippen LogP contribution is -2.13. The fourth-order valence-electron chi connectivity index (χ4n) is 2.25. The topological polar surface area (TPSA) is 104 Å². The molecule has 0 spiro atoms. The Hall–Kier alpha value is -3.00. The second-order valence-corrected chi connectivity index (χ2v) is 7.20. The third-order valence-electron chi connectivity index (χ3n) is 3.60. The lowest BCUT2D eigenvalue weighted by atomic mass is 10.1. The van der Waals surface area contributed by atoms with Crippen molar-refractivity contribution in [3.63, 3.8) is 0 Å². The zero-order chi connectivity index (χ0) is 21.6. The molecule has 0 bridgehead atoms. The van der Waals surface area contributed by atoms with E-state index in [-0.39, 0.29) is 11.4 Å². The number of halogens is 6. The summed E-state index contributed by atoms with van der Waals surface area (Å²) in [6.07, 6.45) is -8.77. The Morgan fingerprint density at radius 2 is 1.52 bits per heavy atom.